The van der Waals surface area contributed by atoms with E-state index in [9.17, 15) is 14.9 Å². The van der Waals surface area contributed by atoms with E-state index in [2.05, 4.69) is 26.3 Å². The molecule has 4 rings (SSSR count). The fourth-order valence-corrected chi connectivity index (χ4v) is 4.27. The average Bonchev–Trinajstić information content (AvgIpc) is 3.51. The van der Waals surface area contributed by atoms with Gasteiger partial charge in [-0.2, -0.15) is 5.26 Å². The Bertz CT molecular complexity index is 1350. The van der Waals surface area contributed by atoms with E-state index in [0.717, 1.165) is 59.2 Å². The highest BCUT2D eigenvalue weighted by Crippen LogP contribution is 2.24. The Hall–Kier alpha value is -4.18. The fourth-order valence-electron chi connectivity index (χ4n) is 4.27. The van der Waals surface area contributed by atoms with Crippen LogP contribution in [0.2, 0.25) is 0 Å². The summed E-state index contributed by atoms with van der Waals surface area (Å²) in [6.07, 6.45) is 7.75. The van der Waals surface area contributed by atoms with E-state index in [4.69, 9.17) is 0 Å². The van der Waals surface area contributed by atoms with Crippen LogP contribution in [0.3, 0.4) is 0 Å². The molecule has 1 atom stereocenters. The average molecular weight is 468 g/mol. The third-order valence-corrected chi connectivity index (χ3v) is 6.11. The van der Waals surface area contributed by atoms with Gasteiger partial charge in [0.1, 0.15) is 11.6 Å². The van der Waals surface area contributed by atoms with Crippen LogP contribution in [0, 0.1) is 11.3 Å². The second-order valence-corrected chi connectivity index (χ2v) is 8.83. The summed E-state index contributed by atoms with van der Waals surface area (Å²) in [5.41, 5.74) is 4.24. The number of nitrogens with zero attached hydrogens (tertiary/aromatic N) is 2. The first-order chi connectivity index (χ1) is 17.0. The van der Waals surface area contributed by atoms with Gasteiger partial charge in [0.2, 0.25) is 5.91 Å². The summed E-state index contributed by atoms with van der Waals surface area (Å²) in [4.78, 5) is 35.4. The van der Waals surface area contributed by atoms with Crippen molar-refractivity contribution >= 4 is 22.6 Å². The van der Waals surface area contributed by atoms with E-state index >= 15 is 0 Å². The van der Waals surface area contributed by atoms with Gasteiger partial charge in [0.25, 0.3) is 0 Å². The third kappa shape index (κ3) is 6.24. The first kappa shape index (κ1) is 24.0. The number of fused-ring (bicyclic) bond motifs is 1. The molecular formula is C28H29N5O2. The molecule has 0 radical (unpaired) electrons. The van der Waals surface area contributed by atoms with Crippen molar-refractivity contribution in [2.45, 2.75) is 51.5 Å². The summed E-state index contributed by atoms with van der Waals surface area (Å²) in [6, 6.07) is 17.2. The number of aromatic amines is 2. The highest BCUT2D eigenvalue weighted by molar-refractivity contribution is 5.89. The minimum atomic E-state index is -0.267. The molecule has 0 aliphatic heterocycles. The van der Waals surface area contributed by atoms with Crippen molar-refractivity contribution in [3.8, 4) is 17.3 Å². The zero-order chi connectivity index (χ0) is 24.6. The van der Waals surface area contributed by atoms with E-state index in [0.29, 0.717) is 12.0 Å². The van der Waals surface area contributed by atoms with Crippen LogP contribution in [-0.2, 0) is 16.0 Å². The van der Waals surface area contributed by atoms with Crippen molar-refractivity contribution in [3.05, 3.63) is 77.9 Å². The van der Waals surface area contributed by atoms with Crippen molar-refractivity contribution in [2.75, 3.05) is 0 Å². The van der Waals surface area contributed by atoms with Crippen molar-refractivity contribution in [3.63, 3.8) is 0 Å². The van der Waals surface area contributed by atoms with Crippen LogP contribution in [0.4, 0.5) is 0 Å². The molecule has 7 nitrogen and oxygen atoms in total. The predicted molar refractivity (Wildman–Crippen MR) is 135 cm³/mol. The minimum absolute atomic E-state index is 0.111. The molecule has 3 N–H and O–H groups in total. The lowest BCUT2D eigenvalue weighted by atomic mass is 10.0. The van der Waals surface area contributed by atoms with Crippen LogP contribution in [0.15, 0.2) is 60.9 Å². The molecule has 4 aromatic rings. The normalized spacial score (nSPS) is 11.8. The Morgan fingerprint density at radius 2 is 1.94 bits per heavy atom. The number of H-pyrrole nitrogens is 2. The lowest BCUT2D eigenvalue weighted by molar-refractivity contribution is -0.121. The van der Waals surface area contributed by atoms with Crippen LogP contribution in [0.1, 0.15) is 62.0 Å². The summed E-state index contributed by atoms with van der Waals surface area (Å²) >= 11 is 0. The van der Waals surface area contributed by atoms with E-state index in [-0.39, 0.29) is 24.2 Å². The largest absolute Gasteiger partial charge is 0.361 e. The Labute approximate surface area is 204 Å². The number of imidazole rings is 1. The van der Waals surface area contributed by atoms with Crippen molar-refractivity contribution in [1.29, 1.82) is 5.26 Å². The molecule has 0 saturated heterocycles. The number of carbonyl (C=O) groups excluding carboxylic acids is 2. The van der Waals surface area contributed by atoms with E-state index in [1.165, 1.54) is 0 Å². The molecule has 0 bridgehead atoms. The minimum Gasteiger partial charge on any atom is -0.361 e. The van der Waals surface area contributed by atoms with Crippen LogP contribution in [0.25, 0.3) is 22.2 Å². The number of aromatic nitrogens is 3. The molecule has 0 spiro atoms. The maximum absolute atomic E-state index is 13.1. The van der Waals surface area contributed by atoms with Crippen LogP contribution < -0.4 is 5.32 Å². The van der Waals surface area contributed by atoms with Gasteiger partial charge in [0.15, 0.2) is 0 Å². The molecule has 0 unspecified atom stereocenters. The van der Waals surface area contributed by atoms with Gasteiger partial charge in [-0.3, -0.25) is 4.79 Å². The first-order valence-electron chi connectivity index (χ1n) is 11.9. The summed E-state index contributed by atoms with van der Waals surface area (Å²) in [7, 11) is 0. The number of rotatable bonds is 11. The van der Waals surface area contributed by atoms with Crippen molar-refractivity contribution in [2.24, 2.45) is 0 Å². The summed E-state index contributed by atoms with van der Waals surface area (Å²) in [6.45, 7) is 1.61. The quantitative estimate of drug-likeness (QED) is 0.257. The fraction of sp³-hybridized carbons (Fsp3) is 0.286. The molecule has 2 aromatic carbocycles. The highest BCUT2D eigenvalue weighted by atomic mass is 16.1. The van der Waals surface area contributed by atoms with Gasteiger partial charge in [0.05, 0.1) is 36.0 Å². The number of Topliss-reactive ketones (excluding diaryl/α,β-unsaturated/α-hetero) is 1. The molecule has 0 aliphatic carbocycles. The number of hydrogen-bond acceptors (Lipinski definition) is 4. The molecule has 0 saturated carbocycles. The zero-order valence-electron chi connectivity index (χ0n) is 19.8. The Balaban J connectivity index is 1.48. The second kappa shape index (κ2) is 11.3. The standard InChI is InChI=1S/C28H29N5O2/c1-19(34)8-4-2-7-11-25(28-31-18-26(33-28)21-9-5-3-6-10-21)32-27(35)15-22-17-30-24-13-12-20(16-29)14-23(22)24/h3,5-6,9-10,12-14,17-18,25,30H,2,4,7-8,11,15H2,1H3,(H,31,33)(H,32,35)/t25-/m0/s1. The van der Waals surface area contributed by atoms with Gasteiger partial charge in [-0.05, 0) is 49.1 Å². The van der Waals surface area contributed by atoms with Crippen LogP contribution >= 0.6 is 0 Å². The van der Waals surface area contributed by atoms with Gasteiger partial charge in [-0.15, -0.1) is 0 Å². The second-order valence-electron chi connectivity index (χ2n) is 8.83. The molecule has 1 amide bonds. The number of unbranched alkanes of at least 4 members (excludes halogenated alkanes) is 2. The van der Waals surface area contributed by atoms with E-state index < -0.39 is 0 Å². The molecule has 35 heavy (non-hydrogen) atoms. The maximum Gasteiger partial charge on any atom is 0.225 e. The predicted octanol–water partition coefficient (Wildman–Crippen LogP) is 5.37. The maximum atomic E-state index is 13.1. The molecule has 0 aliphatic rings. The third-order valence-electron chi connectivity index (χ3n) is 6.11. The van der Waals surface area contributed by atoms with Crippen molar-refractivity contribution < 1.29 is 9.59 Å². The van der Waals surface area contributed by atoms with Crippen LogP contribution in [-0.4, -0.2) is 26.6 Å². The molecule has 2 heterocycles. The summed E-state index contributed by atoms with van der Waals surface area (Å²) < 4.78 is 0. The lowest BCUT2D eigenvalue weighted by Crippen LogP contribution is -2.30. The van der Waals surface area contributed by atoms with Gasteiger partial charge in [-0.1, -0.05) is 43.2 Å². The zero-order valence-corrected chi connectivity index (χ0v) is 19.8. The van der Waals surface area contributed by atoms with Gasteiger partial charge in [-0.25, -0.2) is 4.98 Å². The Morgan fingerprint density at radius 3 is 2.71 bits per heavy atom. The first-order valence-corrected chi connectivity index (χ1v) is 11.9. The van der Waals surface area contributed by atoms with Gasteiger partial charge < -0.3 is 20.1 Å². The smallest absolute Gasteiger partial charge is 0.225 e. The number of ketones is 1. The SMILES string of the molecule is CC(=O)CCCCC[C@H](NC(=O)Cc1c[nH]c2ccc(C#N)cc12)c1ncc(-c2ccccc2)[nH]1. The monoisotopic (exact) mass is 467 g/mol. The highest BCUT2D eigenvalue weighted by Gasteiger charge is 2.19. The van der Waals surface area contributed by atoms with Gasteiger partial charge >= 0.3 is 0 Å². The number of hydrogen-bond donors (Lipinski definition) is 3. The van der Waals surface area contributed by atoms with E-state index in [1.54, 1.807) is 25.3 Å². The lowest BCUT2D eigenvalue weighted by Gasteiger charge is -2.17. The van der Waals surface area contributed by atoms with E-state index in [1.807, 2.05) is 42.6 Å². The number of carbonyl (C=O) groups is 2. The van der Waals surface area contributed by atoms with Crippen molar-refractivity contribution in [1.82, 2.24) is 20.3 Å². The number of nitrogens with one attached hydrogen (secondary N) is 3. The summed E-state index contributed by atoms with van der Waals surface area (Å²) in [5.74, 6) is 0.806. The Morgan fingerprint density at radius 1 is 1.11 bits per heavy atom. The number of nitriles is 1. The molecule has 7 heteroatoms. The number of benzene rings is 2. The topological polar surface area (TPSA) is 114 Å². The molecule has 2 aromatic heterocycles. The Kier molecular flexibility index (Phi) is 7.74. The molecular weight excluding hydrogens is 438 g/mol. The number of amides is 1. The molecule has 178 valence electrons. The van der Waals surface area contributed by atoms with Gasteiger partial charge in [0, 0.05) is 23.5 Å². The molecule has 0 fully saturated rings. The van der Waals surface area contributed by atoms with Crippen LogP contribution in [0.5, 0.6) is 0 Å². The summed E-state index contributed by atoms with van der Waals surface area (Å²) in [5, 5.41) is 13.2.